The quantitative estimate of drug-likeness (QED) is 0.710. The Morgan fingerprint density at radius 3 is 1.93 bits per heavy atom. The topological polar surface area (TPSA) is 29.1 Å². The Balaban J connectivity index is 4.61. The fourth-order valence-corrected chi connectivity index (χ4v) is 1.17. The molecule has 2 nitrogen and oxygen atoms in total. The third-order valence-electron chi connectivity index (χ3n) is 1.86. The Morgan fingerprint density at radius 1 is 1.27 bits per heavy atom. The van der Waals surface area contributed by atoms with Gasteiger partial charge < -0.3 is 5.32 Å². The standard InChI is InChI=1S/C10H14F3NO/c1-4-6-9(3,7-5-2)14-8(15)10(11,12)13/h4-5H,1-2,6-7H2,3H3,(H,14,15). The molecule has 86 valence electrons. The highest BCUT2D eigenvalue weighted by Gasteiger charge is 2.41. The lowest BCUT2D eigenvalue weighted by atomic mass is 9.93. The van der Waals surface area contributed by atoms with Crippen LogP contribution in [0.3, 0.4) is 0 Å². The third kappa shape index (κ3) is 4.67. The van der Waals surface area contributed by atoms with E-state index in [2.05, 4.69) is 13.2 Å². The second-order valence-electron chi connectivity index (χ2n) is 3.50. The number of alkyl halides is 3. The Labute approximate surface area is 86.9 Å². The van der Waals surface area contributed by atoms with Crippen molar-refractivity contribution in [3.8, 4) is 0 Å². The van der Waals surface area contributed by atoms with E-state index < -0.39 is 17.6 Å². The van der Waals surface area contributed by atoms with Crippen molar-refractivity contribution in [2.24, 2.45) is 0 Å². The van der Waals surface area contributed by atoms with Crippen LogP contribution in [0.25, 0.3) is 0 Å². The molecule has 0 saturated carbocycles. The molecule has 0 aromatic rings. The maximum atomic E-state index is 12.0. The molecule has 0 radical (unpaired) electrons. The second kappa shape index (κ2) is 5.00. The summed E-state index contributed by atoms with van der Waals surface area (Å²) in [6, 6.07) is 0. The summed E-state index contributed by atoms with van der Waals surface area (Å²) in [5.41, 5.74) is -0.976. The lowest BCUT2D eigenvalue weighted by Gasteiger charge is -2.29. The molecular weight excluding hydrogens is 207 g/mol. The highest BCUT2D eigenvalue weighted by Crippen LogP contribution is 2.20. The molecular formula is C10H14F3NO. The van der Waals surface area contributed by atoms with Gasteiger partial charge in [0.1, 0.15) is 0 Å². The van der Waals surface area contributed by atoms with Gasteiger partial charge >= 0.3 is 12.1 Å². The molecule has 0 spiro atoms. The van der Waals surface area contributed by atoms with Gasteiger partial charge in [0.25, 0.3) is 0 Å². The Bertz CT molecular complexity index is 248. The maximum absolute atomic E-state index is 12.0. The van der Waals surface area contributed by atoms with Crippen LogP contribution in [0.5, 0.6) is 0 Å². The van der Waals surface area contributed by atoms with E-state index in [1.807, 2.05) is 5.32 Å². The average molecular weight is 221 g/mol. The molecule has 1 amide bonds. The Morgan fingerprint density at radius 2 is 1.67 bits per heavy atom. The van der Waals surface area contributed by atoms with E-state index in [9.17, 15) is 18.0 Å². The van der Waals surface area contributed by atoms with Crippen LogP contribution in [0.1, 0.15) is 19.8 Å². The number of carbonyl (C=O) groups excluding carboxylic acids is 1. The largest absolute Gasteiger partial charge is 0.471 e. The summed E-state index contributed by atoms with van der Waals surface area (Å²) in [6.07, 6.45) is -1.44. The van der Waals surface area contributed by atoms with E-state index in [4.69, 9.17) is 0 Å². The number of halogens is 3. The van der Waals surface area contributed by atoms with Gasteiger partial charge in [-0.25, -0.2) is 0 Å². The number of amides is 1. The van der Waals surface area contributed by atoms with Gasteiger partial charge in [-0.15, -0.1) is 13.2 Å². The number of nitrogens with one attached hydrogen (secondary N) is 1. The van der Waals surface area contributed by atoms with Crippen LogP contribution in [-0.4, -0.2) is 17.6 Å². The lowest BCUT2D eigenvalue weighted by molar-refractivity contribution is -0.175. The van der Waals surface area contributed by atoms with Crippen LogP contribution in [-0.2, 0) is 4.79 Å². The zero-order valence-corrected chi connectivity index (χ0v) is 8.53. The first-order valence-corrected chi connectivity index (χ1v) is 4.36. The summed E-state index contributed by atoms with van der Waals surface area (Å²) in [7, 11) is 0. The monoisotopic (exact) mass is 221 g/mol. The van der Waals surface area contributed by atoms with Crippen molar-refractivity contribution in [3.63, 3.8) is 0 Å². The van der Waals surface area contributed by atoms with Gasteiger partial charge in [-0.1, -0.05) is 12.2 Å². The Hall–Kier alpha value is -1.26. The van der Waals surface area contributed by atoms with E-state index in [0.29, 0.717) is 0 Å². The molecule has 0 rings (SSSR count). The SMILES string of the molecule is C=CCC(C)(CC=C)NC(=O)C(F)(F)F. The first kappa shape index (κ1) is 13.7. The number of rotatable bonds is 5. The second-order valence-corrected chi connectivity index (χ2v) is 3.50. The van der Waals surface area contributed by atoms with Gasteiger partial charge in [-0.05, 0) is 19.8 Å². The first-order chi connectivity index (χ1) is 6.75. The van der Waals surface area contributed by atoms with Gasteiger partial charge in [0.15, 0.2) is 0 Å². The summed E-state index contributed by atoms with van der Waals surface area (Å²) in [6.45, 7) is 8.38. The first-order valence-electron chi connectivity index (χ1n) is 4.36. The highest BCUT2D eigenvalue weighted by atomic mass is 19.4. The summed E-state index contributed by atoms with van der Waals surface area (Å²) in [5, 5.41) is 1.93. The van der Waals surface area contributed by atoms with Gasteiger partial charge in [-0.3, -0.25) is 4.79 Å². The molecule has 0 heterocycles. The van der Waals surface area contributed by atoms with E-state index in [0.717, 1.165) is 0 Å². The third-order valence-corrected chi connectivity index (χ3v) is 1.86. The zero-order valence-electron chi connectivity index (χ0n) is 8.53. The summed E-state index contributed by atoms with van der Waals surface area (Å²) >= 11 is 0. The fraction of sp³-hybridized carbons (Fsp3) is 0.500. The van der Waals surface area contributed by atoms with Crippen molar-refractivity contribution in [1.29, 1.82) is 0 Å². The Kier molecular flexibility index (Phi) is 4.58. The van der Waals surface area contributed by atoms with Crippen LogP contribution < -0.4 is 5.32 Å². The lowest BCUT2D eigenvalue weighted by Crippen LogP contribution is -2.50. The van der Waals surface area contributed by atoms with Crippen molar-refractivity contribution < 1.29 is 18.0 Å². The van der Waals surface area contributed by atoms with Gasteiger partial charge in [0.2, 0.25) is 0 Å². The molecule has 0 aliphatic carbocycles. The average Bonchev–Trinajstić information content (AvgIpc) is 2.02. The number of hydrogen-bond donors (Lipinski definition) is 1. The molecule has 5 heteroatoms. The highest BCUT2D eigenvalue weighted by molar-refractivity contribution is 5.82. The molecule has 0 atom stereocenters. The smallest absolute Gasteiger partial charge is 0.342 e. The van der Waals surface area contributed by atoms with Crippen LogP contribution in [0.2, 0.25) is 0 Å². The van der Waals surface area contributed by atoms with E-state index >= 15 is 0 Å². The minimum Gasteiger partial charge on any atom is -0.342 e. The summed E-state index contributed by atoms with van der Waals surface area (Å²) in [5.74, 6) is -1.94. The minimum atomic E-state index is -4.86. The number of hydrogen-bond acceptors (Lipinski definition) is 1. The van der Waals surface area contributed by atoms with Crippen LogP contribution in [0, 0.1) is 0 Å². The molecule has 15 heavy (non-hydrogen) atoms. The molecule has 0 aromatic carbocycles. The molecule has 0 fully saturated rings. The predicted molar refractivity (Wildman–Crippen MR) is 52.2 cm³/mol. The van der Waals surface area contributed by atoms with Gasteiger partial charge in [0, 0.05) is 5.54 Å². The molecule has 0 saturated heterocycles. The molecule has 0 aromatic heterocycles. The minimum absolute atomic E-state index is 0.251. The summed E-state index contributed by atoms with van der Waals surface area (Å²) in [4.78, 5) is 10.7. The molecule has 0 unspecified atom stereocenters. The predicted octanol–water partition coefficient (Wildman–Crippen LogP) is 2.58. The maximum Gasteiger partial charge on any atom is 0.471 e. The van der Waals surface area contributed by atoms with E-state index in [-0.39, 0.29) is 12.8 Å². The van der Waals surface area contributed by atoms with Crippen molar-refractivity contribution in [2.45, 2.75) is 31.5 Å². The van der Waals surface area contributed by atoms with Crippen molar-refractivity contribution in [3.05, 3.63) is 25.3 Å². The van der Waals surface area contributed by atoms with Crippen molar-refractivity contribution >= 4 is 5.91 Å². The number of carbonyl (C=O) groups is 1. The van der Waals surface area contributed by atoms with Crippen LogP contribution in [0.15, 0.2) is 25.3 Å². The normalized spacial score (nSPS) is 12.0. The van der Waals surface area contributed by atoms with Crippen molar-refractivity contribution in [1.82, 2.24) is 5.32 Å². The molecule has 1 N–H and O–H groups in total. The van der Waals surface area contributed by atoms with E-state index in [1.165, 1.54) is 19.1 Å². The summed E-state index contributed by atoms with van der Waals surface area (Å²) < 4.78 is 36.0. The van der Waals surface area contributed by atoms with Crippen LogP contribution >= 0.6 is 0 Å². The van der Waals surface area contributed by atoms with Gasteiger partial charge in [-0.2, -0.15) is 13.2 Å². The molecule has 0 bridgehead atoms. The van der Waals surface area contributed by atoms with E-state index in [1.54, 1.807) is 0 Å². The molecule has 0 aliphatic heterocycles. The fourth-order valence-electron chi connectivity index (χ4n) is 1.17. The van der Waals surface area contributed by atoms with Gasteiger partial charge in [0.05, 0.1) is 0 Å². The van der Waals surface area contributed by atoms with Crippen molar-refractivity contribution in [2.75, 3.05) is 0 Å². The molecule has 0 aliphatic rings. The van der Waals surface area contributed by atoms with Crippen LogP contribution in [0.4, 0.5) is 13.2 Å². The zero-order chi connectivity index (χ0) is 12.1.